The summed E-state index contributed by atoms with van der Waals surface area (Å²) in [7, 11) is 1.80. The average molecular weight is 489 g/mol. The van der Waals surface area contributed by atoms with Crippen molar-refractivity contribution >= 4 is 22.8 Å². The van der Waals surface area contributed by atoms with Gasteiger partial charge in [-0.1, -0.05) is 12.1 Å². The summed E-state index contributed by atoms with van der Waals surface area (Å²) in [6.07, 6.45) is 0.560. The number of aryl methyl sites for hydroxylation is 5. The SMILES string of the molecule is Cc1cc(CNC(=O)c2c(C)c3cc(F)ccc3n2C)cc(Oc2ccc(CCC(=O)O)c(C)c2)c1. The number of carboxylic acids is 1. The molecule has 0 aliphatic rings. The molecule has 36 heavy (non-hydrogen) atoms. The van der Waals surface area contributed by atoms with E-state index in [0.29, 0.717) is 30.2 Å². The lowest BCUT2D eigenvalue weighted by molar-refractivity contribution is -0.136. The number of benzene rings is 3. The average Bonchev–Trinajstić information content (AvgIpc) is 3.05. The molecule has 0 aliphatic carbocycles. The monoisotopic (exact) mass is 488 g/mol. The molecule has 0 bridgehead atoms. The fraction of sp³-hybridized carbons (Fsp3) is 0.241. The number of fused-ring (bicyclic) bond motifs is 1. The van der Waals surface area contributed by atoms with E-state index in [1.165, 1.54) is 12.1 Å². The lowest BCUT2D eigenvalue weighted by atomic mass is 10.0. The van der Waals surface area contributed by atoms with Gasteiger partial charge in [-0.05, 0) is 97.5 Å². The van der Waals surface area contributed by atoms with E-state index in [0.717, 1.165) is 38.7 Å². The van der Waals surface area contributed by atoms with Gasteiger partial charge in [-0.25, -0.2) is 4.39 Å². The first-order valence-corrected chi connectivity index (χ1v) is 11.7. The van der Waals surface area contributed by atoms with Crippen molar-refractivity contribution in [2.75, 3.05) is 0 Å². The number of amides is 1. The predicted octanol–water partition coefficient (Wildman–Crippen LogP) is 5.98. The molecule has 0 aliphatic heterocycles. The molecule has 0 radical (unpaired) electrons. The number of nitrogens with zero attached hydrogens (tertiary/aromatic N) is 1. The maximum absolute atomic E-state index is 13.7. The second kappa shape index (κ2) is 10.2. The molecule has 0 atom stereocenters. The lowest BCUT2D eigenvalue weighted by Gasteiger charge is -2.13. The number of carboxylic acid groups (broad SMARTS) is 1. The minimum absolute atomic E-state index is 0.0865. The molecule has 0 saturated carbocycles. The molecule has 6 nitrogen and oxygen atoms in total. The first-order chi connectivity index (χ1) is 17.1. The quantitative estimate of drug-likeness (QED) is 0.320. The van der Waals surface area contributed by atoms with Crippen molar-refractivity contribution in [2.45, 2.75) is 40.2 Å². The van der Waals surface area contributed by atoms with Gasteiger partial charge in [0.2, 0.25) is 0 Å². The molecule has 4 aromatic rings. The Morgan fingerprint density at radius 3 is 2.50 bits per heavy atom. The molecular weight excluding hydrogens is 459 g/mol. The number of carbonyl (C=O) groups excluding carboxylic acids is 1. The number of hydrogen-bond acceptors (Lipinski definition) is 3. The molecule has 1 heterocycles. The highest BCUT2D eigenvalue weighted by Gasteiger charge is 2.18. The Labute approximate surface area is 209 Å². The van der Waals surface area contributed by atoms with Crippen LogP contribution in [0.5, 0.6) is 11.5 Å². The highest BCUT2D eigenvalue weighted by Crippen LogP contribution is 2.28. The van der Waals surface area contributed by atoms with E-state index in [1.54, 1.807) is 17.7 Å². The normalized spacial score (nSPS) is 11.0. The van der Waals surface area contributed by atoms with Crippen LogP contribution in [0.1, 0.15) is 44.7 Å². The molecule has 2 N–H and O–H groups in total. The van der Waals surface area contributed by atoms with Crippen LogP contribution in [0, 0.1) is 26.6 Å². The highest BCUT2D eigenvalue weighted by molar-refractivity contribution is 6.01. The molecule has 4 rings (SSSR count). The van der Waals surface area contributed by atoms with Crippen LogP contribution in [0.25, 0.3) is 10.9 Å². The van der Waals surface area contributed by atoms with Gasteiger partial charge in [0, 0.05) is 30.9 Å². The van der Waals surface area contributed by atoms with Gasteiger partial charge in [0.1, 0.15) is 23.0 Å². The van der Waals surface area contributed by atoms with Crippen LogP contribution in [-0.2, 0) is 24.8 Å². The summed E-state index contributed by atoms with van der Waals surface area (Å²) in [6, 6.07) is 15.9. The van der Waals surface area contributed by atoms with Crippen molar-refractivity contribution in [1.29, 1.82) is 0 Å². The largest absolute Gasteiger partial charge is 0.481 e. The molecular formula is C29H29FN2O4. The number of halogens is 1. The molecule has 1 aromatic heterocycles. The summed E-state index contributed by atoms with van der Waals surface area (Å²) in [4.78, 5) is 23.9. The van der Waals surface area contributed by atoms with Crippen LogP contribution in [-0.4, -0.2) is 21.6 Å². The van der Waals surface area contributed by atoms with E-state index in [4.69, 9.17) is 9.84 Å². The van der Waals surface area contributed by atoms with Crippen molar-refractivity contribution in [3.63, 3.8) is 0 Å². The van der Waals surface area contributed by atoms with Gasteiger partial charge >= 0.3 is 5.97 Å². The van der Waals surface area contributed by atoms with Gasteiger partial charge in [0.25, 0.3) is 5.91 Å². The fourth-order valence-electron chi connectivity index (χ4n) is 4.56. The Morgan fingerprint density at radius 1 is 1.00 bits per heavy atom. The van der Waals surface area contributed by atoms with Crippen molar-refractivity contribution in [3.8, 4) is 11.5 Å². The van der Waals surface area contributed by atoms with Gasteiger partial charge in [-0.2, -0.15) is 0 Å². The zero-order valence-electron chi connectivity index (χ0n) is 20.8. The Hall–Kier alpha value is -4.13. The number of ether oxygens (including phenoxy) is 1. The van der Waals surface area contributed by atoms with Crippen LogP contribution in [0.15, 0.2) is 54.6 Å². The minimum Gasteiger partial charge on any atom is -0.481 e. The molecule has 0 unspecified atom stereocenters. The molecule has 186 valence electrons. The van der Waals surface area contributed by atoms with Crippen LogP contribution in [0.3, 0.4) is 0 Å². The Kier molecular flexibility index (Phi) is 7.10. The molecule has 0 saturated heterocycles. The second-order valence-corrected chi connectivity index (χ2v) is 9.12. The summed E-state index contributed by atoms with van der Waals surface area (Å²) < 4.78 is 21.6. The van der Waals surface area contributed by atoms with E-state index in [1.807, 2.05) is 57.2 Å². The summed E-state index contributed by atoms with van der Waals surface area (Å²) in [5, 5.41) is 12.6. The lowest BCUT2D eigenvalue weighted by Crippen LogP contribution is -2.25. The zero-order valence-corrected chi connectivity index (χ0v) is 20.8. The van der Waals surface area contributed by atoms with Crippen LogP contribution in [0.4, 0.5) is 4.39 Å². The van der Waals surface area contributed by atoms with Crippen LogP contribution in [0.2, 0.25) is 0 Å². The van der Waals surface area contributed by atoms with Crippen molar-refractivity contribution in [1.82, 2.24) is 9.88 Å². The molecule has 7 heteroatoms. The predicted molar refractivity (Wildman–Crippen MR) is 137 cm³/mol. The Morgan fingerprint density at radius 2 is 1.78 bits per heavy atom. The van der Waals surface area contributed by atoms with Gasteiger partial charge in [-0.3, -0.25) is 9.59 Å². The second-order valence-electron chi connectivity index (χ2n) is 9.12. The number of nitrogens with one attached hydrogen (secondary N) is 1. The summed E-state index contributed by atoms with van der Waals surface area (Å²) in [6.45, 7) is 6.02. The van der Waals surface area contributed by atoms with E-state index in [9.17, 15) is 14.0 Å². The van der Waals surface area contributed by atoms with Gasteiger partial charge in [0.15, 0.2) is 0 Å². The van der Waals surface area contributed by atoms with Gasteiger partial charge in [0.05, 0.1) is 0 Å². The van der Waals surface area contributed by atoms with Crippen LogP contribution >= 0.6 is 0 Å². The van der Waals surface area contributed by atoms with Gasteiger partial charge in [-0.15, -0.1) is 0 Å². The Balaban J connectivity index is 1.48. The topological polar surface area (TPSA) is 80.6 Å². The fourth-order valence-corrected chi connectivity index (χ4v) is 4.56. The smallest absolute Gasteiger partial charge is 0.303 e. The number of rotatable bonds is 8. The summed E-state index contributed by atoms with van der Waals surface area (Å²) >= 11 is 0. The van der Waals surface area contributed by atoms with Crippen LogP contribution < -0.4 is 10.1 Å². The summed E-state index contributed by atoms with van der Waals surface area (Å²) in [5.74, 6) is -0.0824. The number of carbonyl (C=O) groups is 2. The van der Waals surface area contributed by atoms with E-state index < -0.39 is 5.97 Å². The number of hydrogen-bond donors (Lipinski definition) is 2. The Bertz CT molecular complexity index is 1470. The zero-order chi connectivity index (χ0) is 26.0. The number of aromatic nitrogens is 1. The third-order valence-electron chi connectivity index (χ3n) is 6.35. The number of aliphatic carboxylic acids is 1. The maximum atomic E-state index is 13.7. The van der Waals surface area contributed by atoms with Crippen molar-refractivity contribution in [2.24, 2.45) is 7.05 Å². The highest BCUT2D eigenvalue weighted by atomic mass is 19.1. The molecule has 3 aromatic carbocycles. The first kappa shape index (κ1) is 25.0. The summed E-state index contributed by atoms with van der Waals surface area (Å²) in [5.41, 5.74) is 5.86. The van der Waals surface area contributed by atoms with Crippen molar-refractivity contribution in [3.05, 3.63) is 93.9 Å². The molecule has 0 fully saturated rings. The maximum Gasteiger partial charge on any atom is 0.303 e. The van der Waals surface area contributed by atoms with E-state index in [2.05, 4.69) is 5.32 Å². The van der Waals surface area contributed by atoms with E-state index >= 15 is 0 Å². The minimum atomic E-state index is -0.821. The molecule has 0 spiro atoms. The third-order valence-corrected chi connectivity index (χ3v) is 6.35. The van der Waals surface area contributed by atoms with Crippen molar-refractivity contribution < 1.29 is 23.8 Å². The third kappa shape index (κ3) is 5.40. The van der Waals surface area contributed by atoms with E-state index in [-0.39, 0.29) is 18.1 Å². The van der Waals surface area contributed by atoms with Gasteiger partial charge < -0.3 is 19.7 Å². The molecule has 1 amide bonds. The standard InChI is InChI=1S/C29H29FN2O4/c1-17-11-20(14-24(12-17)36-23-8-5-21(18(2)13-23)6-10-27(33)34)16-31-29(35)28-19(3)25-15-22(30)7-9-26(25)32(28)4/h5,7-9,11-15H,6,10,16H2,1-4H3,(H,31,35)(H,33,34). The first-order valence-electron chi connectivity index (χ1n) is 11.7.